The van der Waals surface area contributed by atoms with E-state index in [1.807, 2.05) is 42.5 Å². The number of hydrogen-bond donors (Lipinski definition) is 2. The first-order valence-corrected chi connectivity index (χ1v) is 8.21. The van der Waals surface area contributed by atoms with Crippen LogP contribution in [0, 0.1) is 0 Å². The fourth-order valence-corrected chi connectivity index (χ4v) is 2.60. The van der Waals surface area contributed by atoms with E-state index in [2.05, 4.69) is 15.3 Å². The number of nitrogens with two attached hydrogens (primary N) is 1. The lowest BCUT2D eigenvalue weighted by molar-refractivity contribution is 0.761. The van der Waals surface area contributed by atoms with Crippen molar-refractivity contribution in [1.29, 1.82) is 0 Å². The Kier molecular flexibility index (Phi) is 7.02. The van der Waals surface area contributed by atoms with Gasteiger partial charge in [0, 0.05) is 24.2 Å². The lowest BCUT2D eigenvalue weighted by Crippen LogP contribution is -2.20. The summed E-state index contributed by atoms with van der Waals surface area (Å²) in [5.41, 5.74) is 8.90. The summed E-state index contributed by atoms with van der Waals surface area (Å²) in [7, 11) is 0. The summed E-state index contributed by atoms with van der Waals surface area (Å²) in [6.45, 7) is 0.571. The van der Waals surface area contributed by atoms with Crippen molar-refractivity contribution >= 4 is 41.4 Å². The van der Waals surface area contributed by atoms with Crippen molar-refractivity contribution in [2.45, 2.75) is 6.04 Å². The number of nitrogens with zero attached hydrogens (tertiary/aromatic N) is 2. The van der Waals surface area contributed by atoms with E-state index < -0.39 is 0 Å². The zero-order chi connectivity index (χ0) is 16.9. The zero-order valence-corrected chi connectivity index (χ0v) is 15.5. The first-order chi connectivity index (χ1) is 11.6. The summed E-state index contributed by atoms with van der Waals surface area (Å²) in [5, 5.41) is 4.25. The van der Waals surface area contributed by atoms with Gasteiger partial charge in [0.2, 0.25) is 0 Å². The Morgan fingerprint density at radius 1 is 0.960 bits per heavy atom. The van der Waals surface area contributed by atoms with Crippen molar-refractivity contribution in [3.63, 3.8) is 0 Å². The van der Waals surface area contributed by atoms with Crippen molar-refractivity contribution in [3.8, 4) is 11.3 Å². The molecule has 2 aromatic carbocycles. The maximum absolute atomic E-state index is 6.19. The Labute approximate surface area is 162 Å². The van der Waals surface area contributed by atoms with Crippen molar-refractivity contribution < 1.29 is 0 Å². The molecule has 0 aliphatic rings. The lowest BCUT2D eigenvalue weighted by atomic mass is 10.1. The second kappa shape index (κ2) is 9.02. The minimum absolute atomic E-state index is 0. The quantitative estimate of drug-likeness (QED) is 0.639. The van der Waals surface area contributed by atoms with Crippen LogP contribution in [0.2, 0.25) is 10.0 Å². The molecule has 0 radical (unpaired) electrons. The highest BCUT2D eigenvalue weighted by atomic mass is 35.5. The molecular weight excluding hydrogens is 379 g/mol. The van der Waals surface area contributed by atoms with Crippen molar-refractivity contribution in [2.75, 3.05) is 11.9 Å². The summed E-state index contributed by atoms with van der Waals surface area (Å²) in [6, 6.07) is 17.1. The molecule has 1 heterocycles. The number of rotatable bonds is 5. The van der Waals surface area contributed by atoms with Crippen LogP contribution in [0.15, 0.2) is 60.9 Å². The van der Waals surface area contributed by atoms with E-state index in [9.17, 15) is 0 Å². The molecule has 0 saturated carbocycles. The Morgan fingerprint density at radius 2 is 1.72 bits per heavy atom. The largest absolute Gasteiger partial charge is 0.368 e. The molecule has 25 heavy (non-hydrogen) atoms. The first kappa shape index (κ1) is 19.5. The standard InChI is InChI=1S/C18H16Cl2N4.ClH/c19-14-7-6-13(8-15(14)20)17-9-18(24-11-23-17)22-10-16(21)12-4-2-1-3-5-12;/h1-9,11,16H,10,21H2,(H,22,23,24);1H/t16-;/m0./s1. The number of hydrogen-bond acceptors (Lipinski definition) is 4. The topological polar surface area (TPSA) is 63.8 Å². The Balaban J connectivity index is 0.00000225. The van der Waals surface area contributed by atoms with Crippen LogP contribution in [0.3, 0.4) is 0 Å². The molecule has 0 aliphatic heterocycles. The molecule has 3 rings (SSSR count). The molecule has 0 spiro atoms. The summed E-state index contributed by atoms with van der Waals surface area (Å²) in [5.74, 6) is 0.706. The van der Waals surface area contributed by atoms with Gasteiger partial charge >= 0.3 is 0 Å². The van der Waals surface area contributed by atoms with Crippen LogP contribution >= 0.6 is 35.6 Å². The van der Waals surface area contributed by atoms with Gasteiger partial charge in [0.1, 0.15) is 12.1 Å². The maximum Gasteiger partial charge on any atom is 0.130 e. The summed E-state index contributed by atoms with van der Waals surface area (Å²) >= 11 is 12.0. The molecule has 0 unspecified atom stereocenters. The third-order valence-corrected chi connectivity index (χ3v) is 4.35. The predicted molar refractivity (Wildman–Crippen MR) is 107 cm³/mol. The average Bonchev–Trinajstić information content (AvgIpc) is 2.63. The van der Waals surface area contributed by atoms with E-state index in [1.165, 1.54) is 6.33 Å². The molecule has 130 valence electrons. The average molecular weight is 396 g/mol. The van der Waals surface area contributed by atoms with Gasteiger partial charge < -0.3 is 11.1 Å². The van der Waals surface area contributed by atoms with Gasteiger partial charge in [-0.15, -0.1) is 12.4 Å². The zero-order valence-electron chi connectivity index (χ0n) is 13.2. The van der Waals surface area contributed by atoms with Crippen molar-refractivity contribution in [2.24, 2.45) is 5.73 Å². The SMILES string of the molecule is Cl.N[C@@H](CNc1cc(-c2ccc(Cl)c(Cl)c2)ncn1)c1ccccc1. The number of aromatic nitrogens is 2. The molecule has 1 aromatic heterocycles. The van der Waals surface area contributed by atoms with Crippen LogP contribution in [0.1, 0.15) is 11.6 Å². The van der Waals surface area contributed by atoms with Gasteiger partial charge in [-0.3, -0.25) is 0 Å². The van der Waals surface area contributed by atoms with Gasteiger partial charge in [0.05, 0.1) is 15.7 Å². The van der Waals surface area contributed by atoms with E-state index in [1.54, 1.807) is 12.1 Å². The molecule has 0 saturated heterocycles. The van der Waals surface area contributed by atoms with Crippen LogP contribution in [0.5, 0.6) is 0 Å². The smallest absolute Gasteiger partial charge is 0.130 e. The van der Waals surface area contributed by atoms with Gasteiger partial charge in [0.15, 0.2) is 0 Å². The van der Waals surface area contributed by atoms with E-state index in [0.717, 1.165) is 16.8 Å². The molecule has 3 N–H and O–H groups in total. The van der Waals surface area contributed by atoms with E-state index in [4.69, 9.17) is 28.9 Å². The Hall–Kier alpha value is -1.85. The molecule has 0 fully saturated rings. The number of nitrogens with one attached hydrogen (secondary N) is 1. The lowest BCUT2D eigenvalue weighted by Gasteiger charge is -2.14. The molecule has 4 nitrogen and oxygen atoms in total. The fraction of sp³-hybridized carbons (Fsp3) is 0.111. The van der Waals surface area contributed by atoms with E-state index >= 15 is 0 Å². The van der Waals surface area contributed by atoms with Gasteiger partial charge in [-0.2, -0.15) is 0 Å². The van der Waals surface area contributed by atoms with E-state index in [-0.39, 0.29) is 18.4 Å². The fourth-order valence-electron chi connectivity index (χ4n) is 2.30. The highest BCUT2D eigenvalue weighted by Crippen LogP contribution is 2.28. The molecular formula is C18H17Cl3N4. The highest BCUT2D eigenvalue weighted by Gasteiger charge is 2.08. The van der Waals surface area contributed by atoms with Gasteiger partial charge in [-0.1, -0.05) is 59.6 Å². The highest BCUT2D eigenvalue weighted by molar-refractivity contribution is 6.42. The van der Waals surface area contributed by atoms with Crippen LogP contribution in [-0.4, -0.2) is 16.5 Å². The van der Waals surface area contributed by atoms with Crippen LogP contribution in [0.25, 0.3) is 11.3 Å². The van der Waals surface area contributed by atoms with E-state index in [0.29, 0.717) is 22.4 Å². The second-order valence-corrected chi connectivity index (χ2v) is 6.13. The number of benzene rings is 2. The van der Waals surface area contributed by atoms with Gasteiger partial charge in [0.25, 0.3) is 0 Å². The van der Waals surface area contributed by atoms with Gasteiger partial charge in [-0.25, -0.2) is 9.97 Å². The van der Waals surface area contributed by atoms with Crippen molar-refractivity contribution in [1.82, 2.24) is 9.97 Å². The predicted octanol–water partition coefficient (Wildman–Crippen LogP) is 4.98. The summed E-state index contributed by atoms with van der Waals surface area (Å²) < 4.78 is 0. The molecule has 7 heteroatoms. The third kappa shape index (κ3) is 5.06. The Bertz CT molecular complexity index is 828. The second-order valence-electron chi connectivity index (χ2n) is 5.32. The molecule has 0 amide bonds. The number of anilines is 1. The van der Waals surface area contributed by atoms with Crippen molar-refractivity contribution in [3.05, 3.63) is 76.5 Å². The minimum atomic E-state index is -0.116. The van der Waals surface area contributed by atoms with Crippen LogP contribution < -0.4 is 11.1 Å². The molecule has 0 bridgehead atoms. The van der Waals surface area contributed by atoms with Crippen LogP contribution in [-0.2, 0) is 0 Å². The third-order valence-electron chi connectivity index (χ3n) is 3.61. The molecule has 3 aromatic rings. The molecule has 1 atom stereocenters. The van der Waals surface area contributed by atoms with Crippen LogP contribution in [0.4, 0.5) is 5.82 Å². The summed E-state index contributed by atoms with van der Waals surface area (Å²) in [6.07, 6.45) is 1.51. The number of halogens is 3. The maximum atomic E-state index is 6.19. The minimum Gasteiger partial charge on any atom is -0.368 e. The Morgan fingerprint density at radius 3 is 2.44 bits per heavy atom. The molecule has 0 aliphatic carbocycles. The van der Waals surface area contributed by atoms with Gasteiger partial charge in [-0.05, 0) is 17.7 Å². The first-order valence-electron chi connectivity index (χ1n) is 7.45. The summed E-state index contributed by atoms with van der Waals surface area (Å²) in [4.78, 5) is 8.52. The monoisotopic (exact) mass is 394 g/mol. The normalized spacial score (nSPS) is 11.5.